The second kappa shape index (κ2) is 10.8. The Hall–Kier alpha value is -4.39. The molecule has 0 heterocycles. The maximum atomic E-state index is 12.4. The quantitative estimate of drug-likeness (QED) is 0.257. The van der Waals surface area contributed by atoms with Crippen LogP contribution in [0.2, 0.25) is 0 Å². The summed E-state index contributed by atoms with van der Waals surface area (Å²) in [7, 11) is 4.67. The third-order valence-electron chi connectivity index (χ3n) is 4.79. The molecule has 0 saturated carbocycles. The third kappa shape index (κ3) is 5.86. The number of carbonyl (C=O) groups is 1. The molecule has 3 aromatic carbocycles. The number of phenols is 2. The zero-order chi connectivity index (χ0) is 23.8. The van der Waals surface area contributed by atoms with E-state index in [1.165, 1.54) is 18.2 Å². The standard InChI is InChI=1S/C26H25NO6/c1-31-23-15-18(16-24(32-2)26(23)33-3)8-11-19-6-4-5-7-20(19)27-25(30)13-10-17-9-12-21(28)22(29)14-17/h4-16,28-29H,1-3H3,(H,27,30)/b11-8?,13-10+. The Morgan fingerprint density at radius 2 is 1.48 bits per heavy atom. The number of hydrogen-bond donors (Lipinski definition) is 3. The first-order valence-electron chi connectivity index (χ1n) is 10.0. The largest absolute Gasteiger partial charge is 0.504 e. The van der Waals surface area contributed by atoms with Crippen LogP contribution in [0, 0.1) is 0 Å². The second-order valence-corrected chi connectivity index (χ2v) is 6.95. The number of phenolic OH excluding ortho intramolecular Hbond substituents is 2. The van der Waals surface area contributed by atoms with Crippen molar-refractivity contribution in [3.05, 3.63) is 77.4 Å². The normalized spacial score (nSPS) is 11.0. The number of aromatic hydroxyl groups is 2. The molecule has 0 aliphatic rings. The molecule has 3 rings (SSSR count). The molecule has 0 aliphatic carbocycles. The van der Waals surface area contributed by atoms with Crippen LogP contribution in [0.5, 0.6) is 28.7 Å². The molecular weight excluding hydrogens is 422 g/mol. The van der Waals surface area contributed by atoms with Crippen molar-refractivity contribution in [3.8, 4) is 28.7 Å². The van der Waals surface area contributed by atoms with Crippen LogP contribution in [-0.4, -0.2) is 37.4 Å². The zero-order valence-electron chi connectivity index (χ0n) is 18.5. The van der Waals surface area contributed by atoms with E-state index in [0.717, 1.165) is 11.1 Å². The van der Waals surface area contributed by atoms with Crippen LogP contribution in [0.4, 0.5) is 5.69 Å². The van der Waals surface area contributed by atoms with E-state index < -0.39 is 0 Å². The summed E-state index contributed by atoms with van der Waals surface area (Å²) in [6, 6.07) is 15.4. The summed E-state index contributed by atoms with van der Waals surface area (Å²) in [5.41, 5.74) is 2.84. The van der Waals surface area contributed by atoms with Gasteiger partial charge >= 0.3 is 0 Å². The molecule has 3 N–H and O–H groups in total. The highest BCUT2D eigenvalue weighted by Crippen LogP contribution is 2.38. The summed E-state index contributed by atoms with van der Waals surface area (Å²) in [4.78, 5) is 12.4. The number of methoxy groups -OCH3 is 3. The lowest BCUT2D eigenvalue weighted by molar-refractivity contribution is -0.111. The Morgan fingerprint density at radius 3 is 2.12 bits per heavy atom. The number of amides is 1. The SMILES string of the molecule is COc1cc(C=Cc2ccccc2NC(=O)/C=C/c2ccc(O)c(O)c2)cc(OC)c1OC. The van der Waals surface area contributed by atoms with Crippen LogP contribution in [0.15, 0.2) is 60.7 Å². The maximum Gasteiger partial charge on any atom is 0.248 e. The van der Waals surface area contributed by atoms with Crippen molar-refractivity contribution >= 4 is 29.8 Å². The highest BCUT2D eigenvalue weighted by atomic mass is 16.5. The number of benzene rings is 3. The minimum Gasteiger partial charge on any atom is -0.504 e. The average molecular weight is 447 g/mol. The summed E-state index contributed by atoms with van der Waals surface area (Å²) in [5, 5.41) is 21.8. The van der Waals surface area contributed by atoms with Gasteiger partial charge in [-0.1, -0.05) is 36.4 Å². The average Bonchev–Trinajstić information content (AvgIpc) is 2.83. The summed E-state index contributed by atoms with van der Waals surface area (Å²) in [5.74, 6) is 0.797. The number of anilines is 1. The molecule has 0 saturated heterocycles. The molecule has 33 heavy (non-hydrogen) atoms. The van der Waals surface area contributed by atoms with Gasteiger partial charge in [0.25, 0.3) is 0 Å². The maximum absolute atomic E-state index is 12.4. The Kier molecular flexibility index (Phi) is 7.60. The summed E-state index contributed by atoms with van der Waals surface area (Å²) >= 11 is 0. The van der Waals surface area contributed by atoms with Crippen LogP contribution in [0.3, 0.4) is 0 Å². The number of hydrogen-bond acceptors (Lipinski definition) is 6. The predicted molar refractivity (Wildman–Crippen MR) is 129 cm³/mol. The fourth-order valence-electron chi connectivity index (χ4n) is 3.13. The van der Waals surface area contributed by atoms with E-state index in [2.05, 4.69) is 5.32 Å². The third-order valence-corrected chi connectivity index (χ3v) is 4.79. The number of para-hydroxylation sites is 1. The highest BCUT2D eigenvalue weighted by Gasteiger charge is 2.12. The van der Waals surface area contributed by atoms with Gasteiger partial charge in [0.05, 0.1) is 21.3 Å². The molecule has 0 aliphatic heterocycles. The van der Waals surface area contributed by atoms with E-state index in [1.807, 2.05) is 42.5 Å². The number of carbonyl (C=O) groups excluding carboxylic acids is 1. The second-order valence-electron chi connectivity index (χ2n) is 6.95. The van der Waals surface area contributed by atoms with E-state index >= 15 is 0 Å². The van der Waals surface area contributed by atoms with Gasteiger partial charge in [-0.3, -0.25) is 4.79 Å². The molecule has 0 fully saturated rings. The molecule has 0 radical (unpaired) electrons. The summed E-state index contributed by atoms with van der Waals surface area (Å²) < 4.78 is 16.1. The van der Waals surface area contributed by atoms with Crippen LogP contribution in [0.25, 0.3) is 18.2 Å². The van der Waals surface area contributed by atoms with Gasteiger partial charge in [-0.05, 0) is 53.1 Å². The van der Waals surface area contributed by atoms with E-state index in [4.69, 9.17) is 14.2 Å². The monoisotopic (exact) mass is 447 g/mol. The molecule has 0 aromatic heterocycles. The van der Waals surface area contributed by atoms with Crippen molar-refractivity contribution in [1.82, 2.24) is 0 Å². The summed E-state index contributed by atoms with van der Waals surface area (Å²) in [6.45, 7) is 0. The number of rotatable bonds is 8. The van der Waals surface area contributed by atoms with Gasteiger partial charge in [-0.15, -0.1) is 0 Å². The molecule has 7 nitrogen and oxygen atoms in total. The molecule has 0 unspecified atom stereocenters. The van der Waals surface area contributed by atoms with Crippen molar-refractivity contribution in [1.29, 1.82) is 0 Å². The molecule has 0 atom stereocenters. The lowest BCUT2D eigenvalue weighted by Gasteiger charge is -2.13. The molecular formula is C26H25NO6. The van der Waals surface area contributed by atoms with Crippen molar-refractivity contribution in [2.24, 2.45) is 0 Å². The Labute approximate surface area is 192 Å². The molecule has 7 heteroatoms. The van der Waals surface area contributed by atoms with Crippen molar-refractivity contribution in [2.75, 3.05) is 26.6 Å². The minimum absolute atomic E-state index is 0.218. The van der Waals surface area contributed by atoms with Gasteiger partial charge in [0.15, 0.2) is 23.0 Å². The van der Waals surface area contributed by atoms with Crippen molar-refractivity contribution < 1.29 is 29.2 Å². The smallest absolute Gasteiger partial charge is 0.248 e. The number of nitrogens with one attached hydrogen (secondary N) is 1. The molecule has 0 spiro atoms. The van der Waals surface area contributed by atoms with E-state index in [9.17, 15) is 15.0 Å². The van der Waals surface area contributed by atoms with Gasteiger partial charge in [0, 0.05) is 11.8 Å². The lowest BCUT2D eigenvalue weighted by Crippen LogP contribution is -2.08. The van der Waals surface area contributed by atoms with Crippen LogP contribution in [-0.2, 0) is 4.79 Å². The van der Waals surface area contributed by atoms with Gasteiger partial charge in [-0.2, -0.15) is 0 Å². The molecule has 0 bridgehead atoms. The Morgan fingerprint density at radius 1 is 0.788 bits per heavy atom. The predicted octanol–water partition coefficient (Wildman–Crippen LogP) is 4.95. The first-order valence-corrected chi connectivity index (χ1v) is 10.0. The Bertz CT molecular complexity index is 1170. The van der Waals surface area contributed by atoms with Crippen LogP contribution < -0.4 is 19.5 Å². The van der Waals surface area contributed by atoms with Crippen molar-refractivity contribution in [3.63, 3.8) is 0 Å². The van der Waals surface area contributed by atoms with Gasteiger partial charge in [0.1, 0.15) is 0 Å². The first-order chi connectivity index (χ1) is 15.9. The molecule has 170 valence electrons. The van der Waals surface area contributed by atoms with Gasteiger partial charge < -0.3 is 29.7 Å². The molecule has 3 aromatic rings. The van der Waals surface area contributed by atoms with Gasteiger partial charge in [-0.25, -0.2) is 0 Å². The van der Waals surface area contributed by atoms with E-state index in [-0.39, 0.29) is 17.4 Å². The van der Waals surface area contributed by atoms with Crippen molar-refractivity contribution in [2.45, 2.75) is 0 Å². The minimum atomic E-state index is -0.337. The van der Waals surface area contributed by atoms with E-state index in [1.54, 1.807) is 39.5 Å². The molecule has 1 amide bonds. The lowest BCUT2D eigenvalue weighted by atomic mass is 10.1. The number of ether oxygens (including phenoxy) is 3. The van der Waals surface area contributed by atoms with E-state index in [0.29, 0.717) is 28.5 Å². The Balaban J connectivity index is 1.79. The topological polar surface area (TPSA) is 97.3 Å². The van der Waals surface area contributed by atoms with Gasteiger partial charge in [0.2, 0.25) is 11.7 Å². The fourth-order valence-corrected chi connectivity index (χ4v) is 3.13. The van der Waals surface area contributed by atoms with Crippen LogP contribution in [0.1, 0.15) is 16.7 Å². The highest BCUT2D eigenvalue weighted by molar-refractivity contribution is 6.03. The fraction of sp³-hybridized carbons (Fsp3) is 0.115. The first kappa shape index (κ1) is 23.3. The van der Waals surface area contributed by atoms with Crippen LogP contribution >= 0.6 is 0 Å². The summed E-state index contributed by atoms with van der Waals surface area (Å²) in [6.07, 6.45) is 6.65. The zero-order valence-corrected chi connectivity index (χ0v) is 18.5.